The lowest BCUT2D eigenvalue weighted by atomic mass is 10.1. The number of allylic oxidation sites excluding steroid dienone is 1. The molecule has 0 saturated carbocycles. The van der Waals surface area contributed by atoms with Gasteiger partial charge >= 0.3 is 15.5 Å². The molecule has 4 nitrogen and oxygen atoms in total. The van der Waals surface area contributed by atoms with Gasteiger partial charge in [-0.1, -0.05) is 12.5 Å². The van der Waals surface area contributed by atoms with Crippen LogP contribution in [0.5, 0.6) is 0 Å². The number of carbonyl (C=O) groups excluding carboxylic acids is 1. The molecule has 0 aromatic heterocycles. The van der Waals surface area contributed by atoms with Crippen molar-refractivity contribution in [3.05, 3.63) is 12.7 Å². The van der Waals surface area contributed by atoms with Crippen LogP contribution in [0.3, 0.4) is 0 Å². The minimum absolute atomic E-state index is 0.244. The maximum Gasteiger partial charge on any atom is 0.516 e. The Kier molecular flexibility index (Phi) is 6.22. The van der Waals surface area contributed by atoms with Gasteiger partial charge in [-0.25, -0.2) is 4.72 Å². The lowest BCUT2D eigenvalue weighted by Gasteiger charge is -2.08. The molecule has 8 heteroatoms. The Hall–Kier alpha value is -1.05. The number of halogens is 3. The summed E-state index contributed by atoms with van der Waals surface area (Å²) in [5.41, 5.74) is -5.45. The largest absolute Gasteiger partial charge is 0.516 e. The first-order valence-electron chi connectivity index (χ1n) is 4.93. The molecule has 1 N–H and O–H groups in total. The van der Waals surface area contributed by atoms with Crippen molar-refractivity contribution in [2.75, 3.05) is 0 Å². The van der Waals surface area contributed by atoms with E-state index in [0.29, 0.717) is 12.8 Å². The number of hydrogen-bond donors (Lipinski definition) is 1. The predicted molar refractivity (Wildman–Crippen MR) is 56.4 cm³/mol. The summed E-state index contributed by atoms with van der Waals surface area (Å²) in [6, 6.07) is 0. The lowest BCUT2D eigenvalue weighted by molar-refractivity contribution is -0.120. The molecular weight excluding hydrogens is 259 g/mol. The van der Waals surface area contributed by atoms with Crippen molar-refractivity contribution in [1.82, 2.24) is 4.72 Å². The number of rotatable bonds is 7. The van der Waals surface area contributed by atoms with Gasteiger partial charge in [0.2, 0.25) is 5.91 Å². The van der Waals surface area contributed by atoms with E-state index < -0.39 is 21.4 Å². The minimum Gasteiger partial charge on any atom is -0.274 e. The third kappa shape index (κ3) is 6.30. The van der Waals surface area contributed by atoms with Crippen molar-refractivity contribution in [2.45, 2.75) is 37.6 Å². The van der Waals surface area contributed by atoms with Gasteiger partial charge in [-0.3, -0.25) is 4.79 Å². The minimum atomic E-state index is -5.56. The molecule has 0 aliphatic carbocycles. The van der Waals surface area contributed by atoms with Gasteiger partial charge in [-0.15, -0.1) is 6.58 Å². The van der Waals surface area contributed by atoms with Crippen molar-refractivity contribution in [2.24, 2.45) is 0 Å². The molecule has 0 aromatic rings. The smallest absolute Gasteiger partial charge is 0.274 e. The Morgan fingerprint density at radius 1 is 1.24 bits per heavy atom. The van der Waals surface area contributed by atoms with Gasteiger partial charge in [0.05, 0.1) is 0 Å². The van der Waals surface area contributed by atoms with E-state index in [2.05, 4.69) is 6.58 Å². The van der Waals surface area contributed by atoms with E-state index in [-0.39, 0.29) is 6.42 Å². The van der Waals surface area contributed by atoms with Crippen molar-refractivity contribution in [3.63, 3.8) is 0 Å². The molecule has 0 fully saturated rings. The fourth-order valence-electron chi connectivity index (χ4n) is 1.01. The summed E-state index contributed by atoms with van der Waals surface area (Å²) in [6.45, 7) is 3.49. The number of nitrogens with one attached hydrogen (secondary N) is 1. The maximum absolute atomic E-state index is 11.9. The average Bonchev–Trinajstić information content (AvgIpc) is 2.14. The van der Waals surface area contributed by atoms with Crippen molar-refractivity contribution < 1.29 is 26.4 Å². The predicted octanol–water partition coefficient (Wildman–Crippen LogP) is 2.09. The topological polar surface area (TPSA) is 63.2 Å². The van der Waals surface area contributed by atoms with Crippen LogP contribution in [0, 0.1) is 0 Å². The number of amides is 1. The van der Waals surface area contributed by atoms with Crippen molar-refractivity contribution in [1.29, 1.82) is 0 Å². The number of alkyl halides is 3. The number of sulfonamides is 1. The molecule has 0 aliphatic heterocycles. The van der Waals surface area contributed by atoms with Gasteiger partial charge in [-0.05, 0) is 19.3 Å². The summed E-state index contributed by atoms with van der Waals surface area (Å²) >= 11 is 0. The summed E-state index contributed by atoms with van der Waals surface area (Å²) < 4.78 is 57.6. The molecule has 0 aromatic carbocycles. The van der Waals surface area contributed by atoms with Crippen LogP contribution < -0.4 is 4.72 Å². The van der Waals surface area contributed by atoms with Crippen LogP contribution in [-0.4, -0.2) is 19.8 Å². The second-order valence-corrected chi connectivity index (χ2v) is 5.04. The SMILES string of the molecule is C=CCCCCCC(=O)NS(=O)(=O)C(F)(F)F. The van der Waals surface area contributed by atoms with Gasteiger partial charge in [0.25, 0.3) is 0 Å². The Morgan fingerprint density at radius 3 is 2.29 bits per heavy atom. The molecule has 0 rings (SSSR count). The molecule has 0 saturated heterocycles. The van der Waals surface area contributed by atoms with E-state index in [4.69, 9.17) is 0 Å². The highest BCUT2D eigenvalue weighted by molar-refractivity contribution is 7.90. The second kappa shape index (κ2) is 6.63. The Balaban J connectivity index is 3.99. The van der Waals surface area contributed by atoms with Crippen molar-refractivity contribution in [3.8, 4) is 0 Å². The van der Waals surface area contributed by atoms with Crippen LogP contribution in [0.15, 0.2) is 12.7 Å². The van der Waals surface area contributed by atoms with E-state index in [1.54, 1.807) is 6.08 Å². The molecule has 17 heavy (non-hydrogen) atoms. The van der Waals surface area contributed by atoms with Gasteiger partial charge in [0.15, 0.2) is 0 Å². The molecule has 0 heterocycles. The third-order valence-corrected chi connectivity index (χ3v) is 2.97. The zero-order valence-electron chi connectivity index (χ0n) is 9.09. The highest BCUT2D eigenvalue weighted by Gasteiger charge is 2.46. The number of hydrogen-bond acceptors (Lipinski definition) is 3. The van der Waals surface area contributed by atoms with Crippen molar-refractivity contribution >= 4 is 15.9 Å². The molecule has 0 radical (unpaired) electrons. The molecule has 0 aliphatic rings. The highest BCUT2D eigenvalue weighted by atomic mass is 32.2. The van der Waals surface area contributed by atoms with E-state index in [1.165, 1.54) is 0 Å². The Labute approximate surface area is 97.9 Å². The maximum atomic E-state index is 11.9. The lowest BCUT2D eigenvalue weighted by Crippen LogP contribution is -2.40. The first kappa shape index (κ1) is 16.0. The molecule has 0 bridgehead atoms. The molecule has 0 unspecified atom stereocenters. The number of unbranched alkanes of at least 4 members (excludes halogenated alkanes) is 3. The monoisotopic (exact) mass is 273 g/mol. The number of carbonyl (C=O) groups is 1. The molecule has 0 atom stereocenters. The van der Waals surface area contributed by atoms with Gasteiger partial charge in [-0.2, -0.15) is 21.6 Å². The van der Waals surface area contributed by atoms with Gasteiger partial charge in [0.1, 0.15) is 0 Å². The van der Waals surface area contributed by atoms with Crippen LogP contribution in [0.4, 0.5) is 13.2 Å². The zero-order chi connectivity index (χ0) is 13.5. The molecule has 0 spiro atoms. The first-order chi connectivity index (χ1) is 7.70. The quantitative estimate of drug-likeness (QED) is 0.570. The summed E-state index contributed by atoms with van der Waals surface area (Å²) in [7, 11) is -5.56. The Morgan fingerprint density at radius 2 is 1.82 bits per heavy atom. The zero-order valence-corrected chi connectivity index (χ0v) is 9.90. The fraction of sp³-hybridized carbons (Fsp3) is 0.667. The van der Waals surface area contributed by atoms with E-state index in [0.717, 1.165) is 17.6 Å². The van der Waals surface area contributed by atoms with Crippen LogP contribution in [0.1, 0.15) is 32.1 Å². The second-order valence-electron chi connectivity index (χ2n) is 3.36. The standard InChI is InChI=1S/C9H14F3NO3S/c1-2-3-4-5-6-7-8(14)13-17(15,16)9(10,11)12/h2H,1,3-7H2,(H,13,14). The normalized spacial score (nSPS) is 12.2. The fourth-order valence-corrected chi connectivity index (χ4v) is 1.53. The van der Waals surface area contributed by atoms with Crippen LogP contribution >= 0.6 is 0 Å². The summed E-state index contributed by atoms with van der Waals surface area (Å²) in [6.07, 6.45) is 3.93. The summed E-state index contributed by atoms with van der Waals surface area (Å²) in [5, 5.41) is 0. The van der Waals surface area contributed by atoms with Gasteiger partial charge < -0.3 is 0 Å². The van der Waals surface area contributed by atoms with E-state index in [9.17, 15) is 26.4 Å². The van der Waals surface area contributed by atoms with Crippen LogP contribution in [0.2, 0.25) is 0 Å². The van der Waals surface area contributed by atoms with E-state index in [1.807, 2.05) is 0 Å². The third-order valence-electron chi connectivity index (χ3n) is 1.86. The van der Waals surface area contributed by atoms with Crippen LogP contribution in [0.25, 0.3) is 0 Å². The molecule has 100 valence electrons. The first-order valence-corrected chi connectivity index (χ1v) is 6.42. The van der Waals surface area contributed by atoms with E-state index >= 15 is 0 Å². The van der Waals surface area contributed by atoms with Gasteiger partial charge in [0, 0.05) is 6.42 Å². The molecular formula is C9H14F3NO3S. The van der Waals surface area contributed by atoms with Crippen LogP contribution in [-0.2, 0) is 14.8 Å². The highest BCUT2D eigenvalue weighted by Crippen LogP contribution is 2.21. The Bertz CT molecular complexity index is 362. The summed E-state index contributed by atoms with van der Waals surface area (Å²) in [5.74, 6) is -1.14. The molecule has 1 amide bonds. The summed E-state index contributed by atoms with van der Waals surface area (Å²) in [4.78, 5) is 10.9. The average molecular weight is 273 g/mol.